The summed E-state index contributed by atoms with van der Waals surface area (Å²) in [7, 11) is 0. The van der Waals surface area contributed by atoms with Gasteiger partial charge in [0.1, 0.15) is 5.82 Å². The molecule has 0 aliphatic heterocycles. The van der Waals surface area contributed by atoms with Crippen molar-refractivity contribution in [3.63, 3.8) is 0 Å². The van der Waals surface area contributed by atoms with Gasteiger partial charge in [0.15, 0.2) is 5.65 Å². The molecular formula is C16H17FN4O. The molecule has 0 unspecified atom stereocenters. The molecular weight excluding hydrogens is 283 g/mol. The Labute approximate surface area is 127 Å². The summed E-state index contributed by atoms with van der Waals surface area (Å²) in [6, 6.07) is 8.01. The topological polar surface area (TPSA) is 62.5 Å². The molecule has 2 N–H and O–H groups in total. The highest BCUT2D eigenvalue weighted by Gasteiger charge is 2.14. The second-order valence-electron chi connectivity index (χ2n) is 5.81. The average molecular weight is 300 g/mol. The molecule has 5 nitrogen and oxygen atoms in total. The Bertz CT molecular complexity index is 790. The number of aliphatic hydroxyl groups is 1. The van der Waals surface area contributed by atoms with E-state index in [1.165, 1.54) is 12.1 Å². The summed E-state index contributed by atoms with van der Waals surface area (Å²) in [5, 5.41) is 17.5. The lowest BCUT2D eigenvalue weighted by atomic mass is 10.1. The molecule has 2 heterocycles. The number of hydrogen-bond acceptors (Lipinski definition) is 4. The second kappa shape index (κ2) is 5.38. The lowest BCUT2D eigenvalue weighted by Crippen LogP contribution is -2.29. The minimum absolute atomic E-state index is 0.284. The van der Waals surface area contributed by atoms with Crippen molar-refractivity contribution in [1.29, 1.82) is 0 Å². The van der Waals surface area contributed by atoms with Gasteiger partial charge in [-0.15, -0.1) is 0 Å². The minimum atomic E-state index is -0.844. The number of anilines is 1. The van der Waals surface area contributed by atoms with E-state index in [2.05, 4.69) is 15.4 Å². The van der Waals surface area contributed by atoms with E-state index in [1.54, 1.807) is 42.9 Å². The van der Waals surface area contributed by atoms with Gasteiger partial charge in [0.05, 0.1) is 17.0 Å². The molecule has 0 aliphatic rings. The highest BCUT2D eigenvalue weighted by atomic mass is 19.1. The number of imidazole rings is 1. The predicted octanol–water partition coefficient (Wildman–Crippen LogP) is 2.72. The zero-order chi connectivity index (χ0) is 15.7. The quantitative estimate of drug-likeness (QED) is 0.777. The molecule has 0 aliphatic carbocycles. The van der Waals surface area contributed by atoms with Crippen LogP contribution in [0.2, 0.25) is 0 Å². The molecule has 1 aromatic carbocycles. The van der Waals surface area contributed by atoms with Gasteiger partial charge in [-0.25, -0.2) is 13.9 Å². The van der Waals surface area contributed by atoms with Crippen molar-refractivity contribution < 1.29 is 9.50 Å². The van der Waals surface area contributed by atoms with E-state index in [0.717, 1.165) is 11.3 Å². The Morgan fingerprint density at radius 1 is 1.27 bits per heavy atom. The van der Waals surface area contributed by atoms with Crippen LogP contribution >= 0.6 is 0 Å². The van der Waals surface area contributed by atoms with E-state index in [4.69, 9.17) is 0 Å². The zero-order valence-electron chi connectivity index (χ0n) is 12.4. The Morgan fingerprint density at radius 3 is 2.68 bits per heavy atom. The molecule has 2 aromatic heterocycles. The predicted molar refractivity (Wildman–Crippen MR) is 83.2 cm³/mol. The SMILES string of the molecule is CC(C)(O)CNc1cc(-c2ccc(F)cc2)nn2ccnc12. The number of aromatic nitrogens is 3. The first-order valence-electron chi connectivity index (χ1n) is 6.99. The van der Waals surface area contributed by atoms with Gasteiger partial charge in [0.2, 0.25) is 0 Å². The third-order valence-corrected chi connectivity index (χ3v) is 3.21. The summed E-state index contributed by atoms with van der Waals surface area (Å²) < 4.78 is 14.7. The molecule has 0 fully saturated rings. The maximum absolute atomic E-state index is 13.1. The summed E-state index contributed by atoms with van der Waals surface area (Å²) in [4.78, 5) is 4.26. The van der Waals surface area contributed by atoms with Crippen LogP contribution in [0.3, 0.4) is 0 Å². The highest BCUT2D eigenvalue weighted by Crippen LogP contribution is 2.24. The van der Waals surface area contributed by atoms with Gasteiger partial charge in [-0.2, -0.15) is 5.10 Å². The van der Waals surface area contributed by atoms with Crippen LogP contribution in [0.25, 0.3) is 16.9 Å². The molecule has 0 saturated heterocycles. The third-order valence-electron chi connectivity index (χ3n) is 3.21. The first-order valence-corrected chi connectivity index (χ1v) is 6.99. The summed E-state index contributed by atoms with van der Waals surface area (Å²) >= 11 is 0. The smallest absolute Gasteiger partial charge is 0.176 e. The van der Waals surface area contributed by atoms with Gasteiger partial charge in [-0.3, -0.25) is 0 Å². The van der Waals surface area contributed by atoms with Gasteiger partial charge >= 0.3 is 0 Å². The minimum Gasteiger partial charge on any atom is -0.389 e. The summed E-state index contributed by atoms with van der Waals surface area (Å²) in [6.45, 7) is 3.83. The molecule has 22 heavy (non-hydrogen) atoms. The number of fused-ring (bicyclic) bond motifs is 1. The second-order valence-corrected chi connectivity index (χ2v) is 5.81. The monoisotopic (exact) mass is 300 g/mol. The van der Waals surface area contributed by atoms with Crippen molar-refractivity contribution in [3.8, 4) is 11.3 Å². The van der Waals surface area contributed by atoms with Crippen LogP contribution in [0.1, 0.15) is 13.8 Å². The van der Waals surface area contributed by atoms with Crippen molar-refractivity contribution in [1.82, 2.24) is 14.6 Å². The van der Waals surface area contributed by atoms with Crippen molar-refractivity contribution in [2.75, 3.05) is 11.9 Å². The van der Waals surface area contributed by atoms with Gasteiger partial charge in [-0.1, -0.05) is 0 Å². The molecule has 0 radical (unpaired) electrons. The van der Waals surface area contributed by atoms with Crippen LogP contribution in [0.4, 0.5) is 10.1 Å². The summed E-state index contributed by atoms with van der Waals surface area (Å²) in [5.41, 5.74) is 2.10. The fourth-order valence-electron chi connectivity index (χ4n) is 2.12. The Balaban J connectivity index is 2.03. The molecule has 0 amide bonds. The van der Waals surface area contributed by atoms with Crippen molar-refractivity contribution in [3.05, 3.63) is 48.5 Å². The molecule has 114 valence electrons. The number of rotatable bonds is 4. The van der Waals surface area contributed by atoms with Gasteiger partial charge < -0.3 is 10.4 Å². The van der Waals surface area contributed by atoms with Crippen LogP contribution in [-0.4, -0.2) is 31.9 Å². The van der Waals surface area contributed by atoms with E-state index in [0.29, 0.717) is 17.9 Å². The van der Waals surface area contributed by atoms with E-state index >= 15 is 0 Å². The number of nitrogens with zero attached hydrogens (tertiary/aromatic N) is 3. The highest BCUT2D eigenvalue weighted by molar-refractivity contribution is 5.73. The molecule has 6 heteroatoms. The first-order chi connectivity index (χ1) is 10.4. The Hall–Kier alpha value is -2.47. The van der Waals surface area contributed by atoms with E-state index < -0.39 is 5.60 Å². The Kier molecular flexibility index (Phi) is 3.54. The first kappa shape index (κ1) is 14.5. The third kappa shape index (κ3) is 3.07. The molecule has 0 bridgehead atoms. The summed E-state index contributed by atoms with van der Waals surface area (Å²) in [6.07, 6.45) is 3.41. The fraction of sp³-hybridized carbons (Fsp3) is 0.250. The number of hydrogen-bond donors (Lipinski definition) is 2. The van der Waals surface area contributed by atoms with Crippen LogP contribution < -0.4 is 5.32 Å². The number of nitrogens with one attached hydrogen (secondary N) is 1. The lowest BCUT2D eigenvalue weighted by molar-refractivity contribution is 0.0945. The van der Waals surface area contributed by atoms with Gasteiger partial charge in [0, 0.05) is 24.5 Å². The van der Waals surface area contributed by atoms with Crippen LogP contribution in [0.15, 0.2) is 42.7 Å². The van der Waals surface area contributed by atoms with Crippen molar-refractivity contribution in [2.45, 2.75) is 19.4 Å². The number of halogens is 1. The van der Waals surface area contributed by atoms with E-state index in [9.17, 15) is 9.50 Å². The molecule has 0 atom stereocenters. The normalized spacial score (nSPS) is 11.8. The maximum Gasteiger partial charge on any atom is 0.176 e. The van der Waals surface area contributed by atoms with Gasteiger partial charge in [0.25, 0.3) is 0 Å². The fourth-order valence-corrected chi connectivity index (χ4v) is 2.12. The van der Waals surface area contributed by atoms with E-state index in [1.807, 2.05) is 6.07 Å². The molecule has 0 saturated carbocycles. The number of benzene rings is 1. The Morgan fingerprint density at radius 2 is 2.00 bits per heavy atom. The van der Waals surface area contributed by atoms with Gasteiger partial charge in [-0.05, 0) is 44.2 Å². The van der Waals surface area contributed by atoms with Crippen LogP contribution in [-0.2, 0) is 0 Å². The summed E-state index contributed by atoms with van der Waals surface area (Å²) in [5.74, 6) is -0.284. The molecule has 0 spiro atoms. The van der Waals surface area contributed by atoms with E-state index in [-0.39, 0.29) is 5.82 Å². The average Bonchev–Trinajstić information content (AvgIpc) is 2.93. The maximum atomic E-state index is 13.1. The van der Waals surface area contributed by atoms with Crippen molar-refractivity contribution in [2.24, 2.45) is 0 Å². The largest absolute Gasteiger partial charge is 0.389 e. The van der Waals surface area contributed by atoms with Crippen LogP contribution in [0.5, 0.6) is 0 Å². The molecule has 3 rings (SSSR count). The zero-order valence-corrected chi connectivity index (χ0v) is 12.4. The standard InChI is InChI=1S/C16H17FN4O/c1-16(2,22)10-19-14-9-13(11-3-5-12(17)6-4-11)20-21-8-7-18-15(14)21/h3-9,19,22H,10H2,1-2H3. The van der Waals surface area contributed by atoms with Crippen LogP contribution in [0, 0.1) is 5.82 Å². The molecule has 3 aromatic rings. The lowest BCUT2D eigenvalue weighted by Gasteiger charge is -2.19. The van der Waals surface area contributed by atoms with Crippen molar-refractivity contribution >= 4 is 11.3 Å².